The van der Waals surface area contributed by atoms with Gasteiger partial charge in [-0.3, -0.25) is 14.7 Å². The largest absolute Gasteiger partial charge is 0.392 e. The summed E-state index contributed by atoms with van der Waals surface area (Å²) in [6.07, 6.45) is 5.16. The molecule has 2 aliphatic heterocycles. The van der Waals surface area contributed by atoms with Gasteiger partial charge in [-0.2, -0.15) is 9.99 Å². The zero-order valence-electron chi connectivity index (χ0n) is 22.6. The number of amides is 1. The lowest BCUT2D eigenvalue weighted by Crippen LogP contribution is -2.55. The molecule has 3 heterocycles. The summed E-state index contributed by atoms with van der Waals surface area (Å²) >= 11 is 0. The van der Waals surface area contributed by atoms with E-state index in [1.807, 2.05) is 0 Å². The van der Waals surface area contributed by atoms with Gasteiger partial charge in [0.1, 0.15) is 5.82 Å². The molecule has 1 amide bonds. The first-order chi connectivity index (χ1) is 18.5. The van der Waals surface area contributed by atoms with Gasteiger partial charge in [-0.15, -0.1) is 0 Å². The fraction of sp³-hybridized carbons (Fsp3) is 0.577. The summed E-state index contributed by atoms with van der Waals surface area (Å²) in [5, 5.41) is 26.6. The lowest BCUT2D eigenvalue weighted by atomic mass is 9.84. The van der Waals surface area contributed by atoms with Crippen molar-refractivity contribution >= 4 is 29.6 Å². The highest BCUT2D eigenvalue weighted by Crippen LogP contribution is 2.46. The van der Waals surface area contributed by atoms with Crippen molar-refractivity contribution in [1.29, 1.82) is 0 Å². The minimum Gasteiger partial charge on any atom is -0.392 e. The normalized spacial score (nSPS) is 24.4. The molecule has 1 aliphatic carbocycles. The van der Waals surface area contributed by atoms with Gasteiger partial charge in [0.05, 0.1) is 23.7 Å². The van der Waals surface area contributed by atoms with Gasteiger partial charge >= 0.3 is 0 Å². The van der Waals surface area contributed by atoms with Gasteiger partial charge in [0.2, 0.25) is 12.4 Å². The van der Waals surface area contributed by atoms with Crippen LogP contribution in [0.5, 0.6) is 0 Å². The third kappa shape index (κ3) is 5.93. The van der Waals surface area contributed by atoms with Gasteiger partial charge in [-0.1, -0.05) is 5.22 Å². The molecule has 3 atom stereocenters. The predicted molar refractivity (Wildman–Crippen MR) is 143 cm³/mol. The van der Waals surface area contributed by atoms with Crippen LogP contribution < -0.4 is 15.6 Å². The molecule has 5 rings (SSSR count). The van der Waals surface area contributed by atoms with Gasteiger partial charge < -0.3 is 15.7 Å². The molecule has 3 N–H and O–H groups in total. The van der Waals surface area contributed by atoms with E-state index < -0.39 is 11.6 Å². The van der Waals surface area contributed by atoms with Crippen LogP contribution in [0.25, 0.3) is 0 Å². The molecule has 1 aromatic heterocycles. The Balaban J connectivity index is 1.38. The number of piperidine rings is 1. The summed E-state index contributed by atoms with van der Waals surface area (Å²) < 4.78 is 29.9. The van der Waals surface area contributed by atoms with Crippen LogP contribution in [-0.2, 0) is 4.79 Å². The number of aromatic nitrogens is 2. The molecular weight excluding hydrogens is 508 g/mol. The number of anilines is 4. The summed E-state index contributed by atoms with van der Waals surface area (Å²) in [5.74, 6) is -1.01. The van der Waals surface area contributed by atoms with Crippen molar-refractivity contribution in [3.05, 3.63) is 35.5 Å². The molecule has 1 aromatic carbocycles. The number of carbonyl (C=O) groups is 1. The molecule has 0 radical (unpaired) electrons. The van der Waals surface area contributed by atoms with Crippen molar-refractivity contribution in [3.63, 3.8) is 0 Å². The fourth-order valence-corrected chi connectivity index (χ4v) is 5.78. The van der Waals surface area contributed by atoms with Crippen LogP contribution in [0.1, 0.15) is 57.4 Å². The molecule has 210 valence electrons. The van der Waals surface area contributed by atoms with E-state index in [2.05, 4.69) is 49.8 Å². The Labute approximate surface area is 226 Å². The standard InChI is InChI=1S/C26H35F2N9O2/c1-26(2)11-16(7-17-8-18(39)13-36(17)26)30-24-21(28)12-29-25(32-24)31-22-10-23(37(14-38)34-33-35(3)4)19(9-20(22)27)15-5-6-15/h9-10,12,14-18,39H,5-8,11,13H2,1-4H3,(H2,29,30,31,32)/b34-33-/t16-,17-,18-/m1/s1. The number of β-amino-alcohol motifs (C(OH)–C–C–N with tert-alkyl or cyclic N) is 1. The Morgan fingerprint density at radius 3 is 2.64 bits per heavy atom. The Morgan fingerprint density at radius 2 is 1.95 bits per heavy atom. The highest BCUT2D eigenvalue weighted by atomic mass is 19.1. The predicted octanol–water partition coefficient (Wildman–Crippen LogP) is 3.97. The van der Waals surface area contributed by atoms with Crippen LogP contribution in [-0.4, -0.2) is 75.8 Å². The summed E-state index contributed by atoms with van der Waals surface area (Å²) in [4.78, 5) is 22.5. The molecule has 3 fully saturated rings. The molecule has 0 spiro atoms. The number of hydrogen-bond donors (Lipinski definition) is 3. The van der Waals surface area contributed by atoms with Crippen LogP contribution >= 0.6 is 0 Å². The summed E-state index contributed by atoms with van der Waals surface area (Å²) in [7, 11) is 3.34. The van der Waals surface area contributed by atoms with E-state index in [4.69, 9.17) is 0 Å². The molecule has 2 aromatic rings. The molecule has 1 saturated carbocycles. The number of carbonyl (C=O) groups excluding carboxylic acids is 1. The second-order valence-corrected chi connectivity index (χ2v) is 11.4. The van der Waals surface area contributed by atoms with Crippen LogP contribution in [0.4, 0.5) is 31.9 Å². The molecular formula is C26H35F2N9O2. The number of aliphatic hydroxyl groups excluding tert-OH is 1. The monoisotopic (exact) mass is 543 g/mol. The number of benzene rings is 1. The Hall–Kier alpha value is -3.45. The summed E-state index contributed by atoms with van der Waals surface area (Å²) in [6.45, 7) is 4.90. The van der Waals surface area contributed by atoms with Crippen molar-refractivity contribution in [2.75, 3.05) is 36.3 Å². The van der Waals surface area contributed by atoms with Crippen LogP contribution in [0.15, 0.2) is 28.8 Å². The highest BCUT2D eigenvalue weighted by molar-refractivity contribution is 5.79. The minimum absolute atomic E-state index is 0.00322. The summed E-state index contributed by atoms with van der Waals surface area (Å²) in [6, 6.07) is 2.99. The second kappa shape index (κ2) is 10.6. The van der Waals surface area contributed by atoms with Crippen LogP contribution in [0, 0.1) is 11.6 Å². The van der Waals surface area contributed by atoms with Gasteiger partial charge in [0.25, 0.3) is 0 Å². The first-order valence-electron chi connectivity index (χ1n) is 13.2. The van der Waals surface area contributed by atoms with E-state index in [1.165, 1.54) is 17.1 Å². The molecule has 0 bridgehead atoms. The van der Waals surface area contributed by atoms with Gasteiger partial charge in [-0.05, 0) is 74.8 Å². The number of nitrogens with zero attached hydrogens (tertiary/aromatic N) is 7. The molecule has 11 nitrogen and oxygen atoms in total. The lowest BCUT2D eigenvalue weighted by Gasteiger charge is -2.47. The van der Waals surface area contributed by atoms with E-state index in [-0.39, 0.29) is 47.1 Å². The van der Waals surface area contributed by atoms with Gasteiger partial charge in [0, 0.05) is 38.3 Å². The Morgan fingerprint density at radius 1 is 1.18 bits per heavy atom. The smallest absolute Gasteiger partial charge is 0.236 e. The summed E-state index contributed by atoms with van der Waals surface area (Å²) in [5.41, 5.74) is 0.916. The average molecular weight is 544 g/mol. The van der Waals surface area contributed by atoms with E-state index in [0.717, 1.165) is 36.9 Å². The maximum absolute atomic E-state index is 15.2. The highest BCUT2D eigenvalue weighted by Gasteiger charge is 2.45. The topological polar surface area (TPSA) is 122 Å². The number of aliphatic hydroxyl groups is 1. The van der Waals surface area contributed by atoms with Crippen molar-refractivity contribution in [2.24, 2.45) is 10.4 Å². The number of nitrogens with one attached hydrogen (secondary N) is 2. The first kappa shape index (κ1) is 27.1. The number of halogens is 2. The Kier molecular flexibility index (Phi) is 7.38. The number of hydrogen-bond acceptors (Lipinski definition) is 9. The van der Waals surface area contributed by atoms with E-state index >= 15 is 4.39 Å². The van der Waals surface area contributed by atoms with Gasteiger partial charge in [0.15, 0.2) is 11.6 Å². The average Bonchev–Trinajstić information content (AvgIpc) is 3.63. The maximum atomic E-state index is 15.2. The quantitative estimate of drug-likeness (QED) is 0.247. The van der Waals surface area contributed by atoms with Crippen molar-refractivity contribution in [2.45, 2.75) is 75.6 Å². The van der Waals surface area contributed by atoms with Crippen molar-refractivity contribution in [1.82, 2.24) is 19.9 Å². The zero-order valence-corrected chi connectivity index (χ0v) is 22.6. The minimum atomic E-state index is -0.617. The van der Waals surface area contributed by atoms with E-state index in [0.29, 0.717) is 30.6 Å². The number of rotatable bonds is 9. The fourth-order valence-electron chi connectivity index (χ4n) is 5.78. The van der Waals surface area contributed by atoms with Crippen LogP contribution in [0.3, 0.4) is 0 Å². The van der Waals surface area contributed by atoms with E-state index in [9.17, 15) is 14.3 Å². The first-order valence-corrected chi connectivity index (χ1v) is 13.2. The van der Waals surface area contributed by atoms with Crippen molar-refractivity contribution < 1.29 is 18.7 Å². The maximum Gasteiger partial charge on any atom is 0.236 e. The van der Waals surface area contributed by atoms with Gasteiger partial charge in [-0.25, -0.2) is 13.8 Å². The zero-order chi connectivity index (χ0) is 27.9. The van der Waals surface area contributed by atoms with Crippen LogP contribution in [0.2, 0.25) is 0 Å². The third-order valence-corrected chi connectivity index (χ3v) is 7.60. The second-order valence-electron chi connectivity index (χ2n) is 11.4. The van der Waals surface area contributed by atoms with Crippen molar-refractivity contribution in [3.8, 4) is 0 Å². The molecule has 0 unspecified atom stereocenters. The third-order valence-electron chi connectivity index (χ3n) is 7.60. The lowest BCUT2D eigenvalue weighted by molar-refractivity contribution is -0.107. The SMILES string of the molecule is CN(C)/N=N\N(C=O)c1cc(Nc2ncc(F)c(N[C@@H]3C[C@@H]4C[C@@H](O)CN4C(C)(C)C3)n2)c(F)cc1C1CC1. The molecule has 39 heavy (non-hydrogen) atoms. The molecule has 2 saturated heterocycles. The molecule has 13 heteroatoms. The van der Waals surface area contributed by atoms with E-state index in [1.54, 1.807) is 14.1 Å². The Bertz CT molecular complexity index is 1250. The number of fused-ring (bicyclic) bond motifs is 1. The molecule has 3 aliphatic rings.